The Morgan fingerprint density at radius 1 is 1.28 bits per heavy atom. The zero-order valence-electron chi connectivity index (χ0n) is 13.4. The van der Waals surface area contributed by atoms with Crippen LogP contribution in [0.15, 0.2) is 41.2 Å². The summed E-state index contributed by atoms with van der Waals surface area (Å²) in [6.07, 6.45) is 1.14. The van der Waals surface area contributed by atoms with E-state index in [0.29, 0.717) is 12.2 Å². The van der Waals surface area contributed by atoms with E-state index in [2.05, 4.69) is 5.32 Å². The molecule has 1 aromatic carbocycles. The van der Waals surface area contributed by atoms with Gasteiger partial charge in [0.2, 0.25) is 15.8 Å². The van der Waals surface area contributed by atoms with Gasteiger partial charge in [-0.05, 0) is 24.6 Å². The largest absolute Gasteiger partial charge is 0.493 e. The highest BCUT2D eigenvalue weighted by Gasteiger charge is 2.19. The van der Waals surface area contributed by atoms with Crippen LogP contribution in [0.5, 0.6) is 0 Å². The Labute approximate surface area is 144 Å². The normalized spacial score (nSPS) is 15.2. The molecule has 0 spiro atoms. The summed E-state index contributed by atoms with van der Waals surface area (Å²) in [6.45, 7) is 1.79. The summed E-state index contributed by atoms with van der Waals surface area (Å²) < 4.78 is 37.2. The van der Waals surface area contributed by atoms with Gasteiger partial charge in [-0.3, -0.25) is 4.79 Å². The SMILES string of the molecule is C[C@H](NC(=O)COC(=O)C1=COCCO1)c1ccc(S(N)(=O)=O)cc1. The van der Waals surface area contributed by atoms with Gasteiger partial charge in [-0.15, -0.1) is 0 Å². The van der Waals surface area contributed by atoms with E-state index in [0.717, 1.165) is 6.26 Å². The van der Waals surface area contributed by atoms with Gasteiger partial charge in [0, 0.05) is 0 Å². The highest BCUT2D eigenvalue weighted by atomic mass is 32.2. The van der Waals surface area contributed by atoms with E-state index >= 15 is 0 Å². The maximum atomic E-state index is 11.8. The monoisotopic (exact) mass is 370 g/mol. The van der Waals surface area contributed by atoms with Gasteiger partial charge in [-0.2, -0.15) is 0 Å². The van der Waals surface area contributed by atoms with Crippen LogP contribution in [-0.4, -0.2) is 40.1 Å². The summed E-state index contributed by atoms with van der Waals surface area (Å²) in [5.41, 5.74) is 0.666. The molecule has 0 bridgehead atoms. The molecule has 0 saturated carbocycles. The summed E-state index contributed by atoms with van der Waals surface area (Å²) in [5, 5.41) is 7.65. The van der Waals surface area contributed by atoms with E-state index in [1.807, 2.05) is 0 Å². The number of nitrogens with one attached hydrogen (secondary N) is 1. The van der Waals surface area contributed by atoms with Crippen LogP contribution in [0.25, 0.3) is 0 Å². The Bertz CT molecular complexity index is 772. The zero-order chi connectivity index (χ0) is 18.4. The first-order chi connectivity index (χ1) is 11.8. The Morgan fingerprint density at radius 2 is 1.96 bits per heavy atom. The quantitative estimate of drug-likeness (QED) is 0.670. The Balaban J connectivity index is 1.85. The number of esters is 1. The number of amides is 1. The second-order valence-electron chi connectivity index (χ2n) is 5.18. The summed E-state index contributed by atoms with van der Waals surface area (Å²) >= 11 is 0. The number of sulfonamides is 1. The van der Waals surface area contributed by atoms with Crippen LogP contribution in [0, 0.1) is 0 Å². The molecular weight excluding hydrogens is 352 g/mol. The lowest BCUT2D eigenvalue weighted by Gasteiger charge is -2.16. The van der Waals surface area contributed by atoms with Crippen LogP contribution in [-0.2, 0) is 33.8 Å². The van der Waals surface area contributed by atoms with Crippen LogP contribution in [0.4, 0.5) is 0 Å². The van der Waals surface area contributed by atoms with Crippen molar-refractivity contribution in [2.45, 2.75) is 17.9 Å². The number of primary sulfonamides is 1. The molecule has 0 unspecified atom stereocenters. The predicted molar refractivity (Wildman–Crippen MR) is 85.3 cm³/mol. The third-order valence-electron chi connectivity index (χ3n) is 3.27. The second-order valence-corrected chi connectivity index (χ2v) is 6.74. The topological polar surface area (TPSA) is 134 Å². The third kappa shape index (κ3) is 5.47. The van der Waals surface area contributed by atoms with Crippen molar-refractivity contribution in [1.29, 1.82) is 0 Å². The fourth-order valence-corrected chi connectivity index (χ4v) is 2.51. The van der Waals surface area contributed by atoms with Crippen LogP contribution in [0.2, 0.25) is 0 Å². The van der Waals surface area contributed by atoms with E-state index in [9.17, 15) is 18.0 Å². The molecule has 1 aliphatic rings. The number of ether oxygens (including phenoxy) is 3. The van der Waals surface area contributed by atoms with Crippen molar-refractivity contribution in [2.24, 2.45) is 5.14 Å². The minimum atomic E-state index is -3.77. The first-order valence-corrected chi connectivity index (χ1v) is 8.86. The molecular formula is C15H18N2O7S. The molecule has 2 rings (SSSR count). The number of carbonyl (C=O) groups excluding carboxylic acids is 2. The summed E-state index contributed by atoms with van der Waals surface area (Å²) in [6, 6.07) is 5.35. The van der Waals surface area contributed by atoms with Gasteiger partial charge in [-0.1, -0.05) is 12.1 Å². The van der Waals surface area contributed by atoms with Crippen LogP contribution in [0.1, 0.15) is 18.5 Å². The van der Waals surface area contributed by atoms with Gasteiger partial charge >= 0.3 is 5.97 Å². The fourth-order valence-electron chi connectivity index (χ4n) is 1.99. The maximum Gasteiger partial charge on any atom is 0.377 e. The van der Waals surface area contributed by atoms with Crippen molar-refractivity contribution >= 4 is 21.9 Å². The molecule has 9 nitrogen and oxygen atoms in total. The minimum absolute atomic E-state index is 0.0216. The predicted octanol–water partition coefficient (Wildman–Crippen LogP) is -0.0574. The van der Waals surface area contributed by atoms with Crippen molar-refractivity contribution in [1.82, 2.24) is 5.32 Å². The van der Waals surface area contributed by atoms with Crippen molar-refractivity contribution in [3.05, 3.63) is 41.9 Å². The van der Waals surface area contributed by atoms with E-state index in [-0.39, 0.29) is 17.3 Å². The molecule has 136 valence electrons. The van der Waals surface area contributed by atoms with E-state index < -0.39 is 34.5 Å². The summed E-state index contributed by atoms with van der Waals surface area (Å²) in [5.74, 6) is -1.40. The first kappa shape index (κ1) is 18.7. The molecule has 0 aromatic heterocycles. The number of carbonyl (C=O) groups is 2. The van der Waals surface area contributed by atoms with Gasteiger partial charge in [0.1, 0.15) is 19.5 Å². The van der Waals surface area contributed by atoms with E-state index in [4.69, 9.17) is 19.3 Å². The highest BCUT2D eigenvalue weighted by molar-refractivity contribution is 7.89. The van der Waals surface area contributed by atoms with Gasteiger partial charge < -0.3 is 19.5 Å². The van der Waals surface area contributed by atoms with Crippen molar-refractivity contribution < 1.29 is 32.2 Å². The number of nitrogens with two attached hydrogens (primary N) is 1. The van der Waals surface area contributed by atoms with E-state index in [1.165, 1.54) is 24.3 Å². The molecule has 1 aliphatic heterocycles. The van der Waals surface area contributed by atoms with Crippen molar-refractivity contribution in [3.63, 3.8) is 0 Å². The van der Waals surface area contributed by atoms with Crippen LogP contribution in [0.3, 0.4) is 0 Å². The molecule has 0 fully saturated rings. The Morgan fingerprint density at radius 3 is 2.52 bits per heavy atom. The minimum Gasteiger partial charge on any atom is -0.493 e. The smallest absolute Gasteiger partial charge is 0.377 e. The average Bonchev–Trinajstić information content (AvgIpc) is 2.59. The van der Waals surface area contributed by atoms with Gasteiger partial charge in [0.25, 0.3) is 5.91 Å². The Kier molecular flexibility index (Phi) is 5.99. The number of benzene rings is 1. The second kappa shape index (κ2) is 7.99. The molecule has 0 radical (unpaired) electrons. The fraction of sp³-hybridized carbons (Fsp3) is 0.333. The number of hydrogen-bond acceptors (Lipinski definition) is 7. The number of rotatable bonds is 6. The maximum absolute atomic E-state index is 11.8. The van der Waals surface area contributed by atoms with Gasteiger partial charge in [0.15, 0.2) is 6.61 Å². The number of hydrogen-bond donors (Lipinski definition) is 2. The van der Waals surface area contributed by atoms with Crippen molar-refractivity contribution in [3.8, 4) is 0 Å². The average molecular weight is 370 g/mol. The first-order valence-electron chi connectivity index (χ1n) is 7.31. The van der Waals surface area contributed by atoms with Gasteiger partial charge in [-0.25, -0.2) is 18.4 Å². The van der Waals surface area contributed by atoms with Gasteiger partial charge in [0.05, 0.1) is 10.9 Å². The summed E-state index contributed by atoms with van der Waals surface area (Å²) in [7, 11) is -3.77. The summed E-state index contributed by atoms with van der Waals surface area (Å²) in [4.78, 5) is 23.5. The molecule has 1 heterocycles. The lowest BCUT2D eigenvalue weighted by atomic mass is 10.1. The molecule has 3 N–H and O–H groups in total. The lowest BCUT2D eigenvalue weighted by Crippen LogP contribution is -2.31. The van der Waals surface area contributed by atoms with Crippen molar-refractivity contribution in [2.75, 3.05) is 19.8 Å². The molecule has 1 atom stereocenters. The lowest BCUT2D eigenvalue weighted by molar-refractivity contribution is -0.149. The molecule has 1 amide bonds. The molecule has 1 aromatic rings. The standard InChI is InChI=1S/C15H18N2O7S/c1-10(11-2-4-12(5-3-11)25(16,20)21)17-14(18)9-24-15(19)13-8-22-6-7-23-13/h2-5,8,10H,6-7,9H2,1H3,(H,17,18)(H2,16,20,21)/t10-/m0/s1. The molecule has 25 heavy (non-hydrogen) atoms. The van der Waals surface area contributed by atoms with Crippen LogP contribution >= 0.6 is 0 Å². The zero-order valence-corrected chi connectivity index (χ0v) is 14.2. The van der Waals surface area contributed by atoms with E-state index in [1.54, 1.807) is 6.92 Å². The highest BCUT2D eigenvalue weighted by Crippen LogP contribution is 2.15. The molecule has 0 aliphatic carbocycles. The third-order valence-corrected chi connectivity index (χ3v) is 4.20. The van der Waals surface area contributed by atoms with Crippen LogP contribution < -0.4 is 10.5 Å². The Hall–Kier alpha value is -2.59. The molecule has 0 saturated heterocycles. The molecule has 10 heteroatoms.